The Morgan fingerprint density at radius 1 is 1.15 bits per heavy atom. The SMILES string of the molecule is COc1cc(C(=O)N2CCC3(CCNC3)CC2)cc(NC(C)=O)c1OC. The minimum Gasteiger partial charge on any atom is -0.493 e. The highest BCUT2D eigenvalue weighted by Gasteiger charge is 2.38. The van der Waals surface area contributed by atoms with Gasteiger partial charge >= 0.3 is 0 Å². The van der Waals surface area contributed by atoms with Crippen molar-refractivity contribution in [3.8, 4) is 11.5 Å². The number of nitrogens with one attached hydrogen (secondary N) is 2. The molecule has 26 heavy (non-hydrogen) atoms. The Labute approximate surface area is 154 Å². The Kier molecular flexibility index (Phi) is 5.36. The van der Waals surface area contributed by atoms with Crippen LogP contribution in [-0.2, 0) is 4.79 Å². The van der Waals surface area contributed by atoms with Gasteiger partial charge in [-0.2, -0.15) is 0 Å². The smallest absolute Gasteiger partial charge is 0.254 e. The van der Waals surface area contributed by atoms with Gasteiger partial charge in [-0.3, -0.25) is 9.59 Å². The van der Waals surface area contributed by atoms with Gasteiger partial charge in [-0.1, -0.05) is 0 Å². The van der Waals surface area contributed by atoms with Crippen molar-refractivity contribution in [3.05, 3.63) is 17.7 Å². The zero-order valence-corrected chi connectivity index (χ0v) is 15.7. The van der Waals surface area contributed by atoms with Crippen molar-refractivity contribution in [2.45, 2.75) is 26.2 Å². The van der Waals surface area contributed by atoms with Crippen molar-refractivity contribution in [3.63, 3.8) is 0 Å². The maximum absolute atomic E-state index is 13.0. The molecule has 2 aliphatic heterocycles. The highest BCUT2D eigenvalue weighted by Crippen LogP contribution is 2.39. The van der Waals surface area contributed by atoms with Crippen LogP contribution in [0.15, 0.2) is 12.1 Å². The summed E-state index contributed by atoms with van der Waals surface area (Å²) in [5.41, 5.74) is 1.29. The molecule has 7 heteroatoms. The number of rotatable bonds is 4. The van der Waals surface area contributed by atoms with Crippen LogP contribution in [0.3, 0.4) is 0 Å². The van der Waals surface area contributed by atoms with Gasteiger partial charge in [-0.15, -0.1) is 0 Å². The molecular formula is C19H27N3O4. The summed E-state index contributed by atoms with van der Waals surface area (Å²) in [5, 5.41) is 6.15. The third-order valence-electron chi connectivity index (χ3n) is 5.48. The number of benzene rings is 1. The van der Waals surface area contributed by atoms with E-state index in [4.69, 9.17) is 9.47 Å². The van der Waals surface area contributed by atoms with Crippen LogP contribution in [0.2, 0.25) is 0 Å². The number of piperidine rings is 1. The first-order valence-electron chi connectivity index (χ1n) is 9.02. The normalized spacial score (nSPS) is 18.7. The van der Waals surface area contributed by atoms with Gasteiger partial charge in [0.1, 0.15) is 0 Å². The summed E-state index contributed by atoms with van der Waals surface area (Å²) in [7, 11) is 3.02. The minimum atomic E-state index is -0.233. The summed E-state index contributed by atoms with van der Waals surface area (Å²) >= 11 is 0. The van der Waals surface area contributed by atoms with E-state index in [1.807, 2.05) is 4.90 Å². The Balaban J connectivity index is 1.81. The van der Waals surface area contributed by atoms with Crippen LogP contribution in [-0.4, -0.2) is 57.1 Å². The van der Waals surface area contributed by atoms with Crippen LogP contribution in [0.25, 0.3) is 0 Å². The summed E-state index contributed by atoms with van der Waals surface area (Å²) in [4.78, 5) is 26.4. The molecule has 0 aromatic heterocycles. The fraction of sp³-hybridized carbons (Fsp3) is 0.579. The Morgan fingerprint density at radius 3 is 2.42 bits per heavy atom. The van der Waals surface area contributed by atoms with E-state index in [1.54, 1.807) is 12.1 Å². The highest BCUT2D eigenvalue weighted by atomic mass is 16.5. The molecular weight excluding hydrogens is 334 g/mol. The van der Waals surface area contributed by atoms with E-state index in [0.29, 0.717) is 28.2 Å². The summed E-state index contributed by atoms with van der Waals surface area (Å²) in [5.74, 6) is 0.561. The van der Waals surface area contributed by atoms with Gasteiger partial charge in [-0.05, 0) is 43.4 Å². The zero-order valence-electron chi connectivity index (χ0n) is 15.7. The summed E-state index contributed by atoms with van der Waals surface area (Å²) in [6.07, 6.45) is 3.24. The van der Waals surface area contributed by atoms with Gasteiger partial charge in [0.05, 0.1) is 19.9 Å². The number of carbonyl (C=O) groups is 2. The quantitative estimate of drug-likeness (QED) is 0.856. The molecule has 0 atom stereocenters. The molecule has 142 valence electrons. The third kappa shape index (κ3) is 3.62. The van der Waals surface area contributed by atoms with E-state index in [1.165, 1.54) is 27.6 Å². The van der Waals surface area contributed by atoms with Crippen molar-refractivity contribution in [1.29, 1.82) is 0 Å². The maximum atomic E-state index is 13.0. The van der Waals surface area contributed by atoms with Crippen LogP contribution >= 0.6 is 0 Å². The van der Waals surface area contributed by atoms with E-state index in [0.717, 1.165) is 39.0 Å². The van der Waals surface area contributed by atoms with Crippen molar-refractivity contribution >= 4 is 17.5 Å². The van der Waals surface area contributed by atoms with Crippen molar-refractivity contribution in [2.24, 2.45) is 5.41 Å². The van der Waals surface area contributed by atoms with E-state index in [9.17, 15) is 9.59 Å². The molecule has 0 radical (unpaired) electrons. The van der Waals surface area contributed by atoms with Gasteiger partial charge < -0.3 is 25.0 Å². The van der Waals surface area contributed by atoms with Gasteiger partial charge in [0.25, 0.3) is 5.91 Å². The molecule has 1 aromatic carbocycles. The second-order valence-electron chi connectivity index (χ2n) is 7.16. The number of hydrogen-bond acceptors (Lipinski definition) is 5. The molecule has 0 aliphatic carbocycles. The lowest BCUT2D eigenvalue weighted by Gasteiger charge is -2.39. The topological polar surface area (TPSA) is 79.9 Å². The van der Waals surface area contributed by atoms with Crippen molar-refractivity contribution < 1.29 is 19.1 Å². The molecule has 2 heterocycles. The van der Waals surface area contributed by atoms with Crippen molar-refractivity contribution in [2.75, 3.05) is 45.7 Å². The van der Waals surface area contributed by atoms with Gasteiger partial charge in [-0.25, -0.2) is 0 Å². The minimum absolute atomic E-state index is 0.0432. The molecule has 2 aliphatic rings. The average molecular weight is 361 g/mol. The molecule has 7 nitrogen and oxygen atoms in total. The Morgan fingerprint density at radius 2 is 1.88 bits per heavy atom. The lowest BCUT2D eigenvalue weighted by molar-refractivity contribution is -0.114. The number of hydrogen-bond donors (Lipinski definition) is 2. The molecule has 2 fully saturated rings. The molecule has 2 amide bonds. The van der Waals surface area contributed by atoms with Crippen LogP contribution in [0.5, 0.6) is 11.5 Å². The molecule has 2 N–H and O–H groups in total. The number of anilines is 1. The van der Waals surface area contributed by atoms with E-state index < -0.39 is 0 Å². The Hall–Kier alpha value is -2.28. The first kappa shape index (κ1) is 18.5. The van der Waals surface area contributed by atoms with Crippen LogP contribution < -0.4 is 20.1 Å². The second-order valence-corrected chi connectivity index (χ2v) is 7.16. The summed E-state index contributed by atoms with van der Waals surface area (Å²) in [6.45, 7) is 5.05. The lowest BCUT2D eigenvalue weighted by Crippen LogP contribution is -2.44. The number of likely N-dealkylation sites (tertiary alicyclic amines) is 1. The van der Waals surface area contributed by atoms with Crippen LogP contribution in [0.4, 0.5) is 5.69 Å². The molecule has 1 spiro atoms. The third-order valence-corrected chi connectivity index (χ3v) is 5.48. The van der Waals surface area contributed by atoms with Gasteiger partial charge in [0.2, 0.25) is 5.91 Å². The van der Waals surface area contributed by atoms with Crippen LogP contribution in [0, 0.1) is 5.41 Å². The second kappa shape index (κ2) is 7.53. The average Bonchev–Trinajstić information content (AvgIpc) is 3.08. The molecule has 0 saturated carbocycles. The van der Waals surface area contributed by atoms with Crippen molar-refractivity contribution in [1.82, 2.24) is 10.2 Å². The Bertz CT molecular complexity index is 688. The fourth-order valence-corrected chi connectivity index (χ4v) is 3.96. The molecule has 0 unspecified atom stereocenters. The van der Waals surface area contributed by atoms with Gasteiger partial charge in [0.15, 0.2) is 11.5 Å². The maximum Gasteiger partial charge on any atom is 0.254 e. The largest absolute Gasteiger partial charge is 0.493 e. The molecule has 1 aromatic rings. The monoisotopic (exact) mass is 361 g/mol. The standard InChI is InChI=1S/C19H27N3O4/c1-13(23)21-15-10-14(11-16(25-2)17(15)26-3)18(24)22-8-5-19(6-9-22)4-7-20-12-19/h10-11,20H,4-9,12H2,1-3H3,(H,21,23). The first-order valence-corrected chi connectivity index (χ1v) is 9.02. The number of carbonyl (C=O) groups excluding carboxylic acids is 2. The number of nitrogens with zero attached hydrogens (tertiary/aromatic N) is 1. The lowest BCUT2D eigenvalue weighted by atomic mass is 9.78. The number of amides is 2. The van der Waals surface area contributed by atoms with E-state index >= 15 is 0 Å². The predicted octanol–water partition coefficient (Wildman–Crippen LogP) is 1.88. The fourth-order valence-electron chi connectivity index (χ4n) is 3.96. The number of ether oxygens (including phenoxy) is 2. The van der Waals surface area contributed by atoms with E-state index in [-0.39, 0.29) is 11.8 Å². The summed E-state index contributed by atoms with van der Waals surface area (Å²) in [6, 6.07) is 3.33. The summed E-state index contributed by atoms with van der Waals surface area (Å²) < 4.78 is 10.7. The highest BCUT2D eigenvalue weighted by molar-refractivity contribution is 5.99. The van der Waals surface area contributed by atoms with Crippen LogP contribution in [0.1, 0.15) is 36.5 Å². The van der Waals surface area contributed by atoms with E-state index in [2.05, 4.69) is 10.6 Å². The zero-order chi connectivity index (χ0) is 18.7. The van der Waals surface area contributed by atoms with Gasteiger partial charge in [0, 0.05) is 32.1 Å². The molecule has 3 rings (SSSR count). The predicted molar refractivity (Wildman–Crippen MR) is 98.9 cm³/mol. The molecule has 0 bridgehead atoms. The number of methoxy groups -OCH3 is 2. The molecule has 2 saturated heterocycles. The first-order chi connectivity index (χ1) is 12.5.